The lowest BCUT2D eigenvalue weighted by Crippen LogP contribution is -2.13. The van der Waals surface area contributed by atoms with Crippen molar-refractivity contribution in [2.45, 2.75) is 4.90 Å². The smallest absolute Gasteiger partial charge is 0.335 e. The lowest BCUT2D eigenvalue weighted by atomic mass is 10.2. The second kappa shape index (κ2) is 5.69. The van der Waals surface area contributed by atoms with Gasteiger partial charge >= 0.3 is 5.97 Å². The average Bonchev–Trinajstić information content (AvgIpc) is 2.54. The highest BCUT2D eigenvalue weighted by molar-refractivity contribution is 7.93. The van der Waals surface area contributed by atoms with Gasteiger partial charge in [0.25, 0.3) is 10.0 Å². The van der Waals surface area contributed by atoms with Crippen molar-refractivity contribution < 1.29 is 18.3 Å². The highest BCUT2D eigenvalue weighted by Crippen LogP contribution is 2.23. The van der Waals surface area contributed by atoms with E-state index in [-0.39, 0.29) is 16.1 Å². The number of aromatic carboxylic acids is 1. The molecule has 2 N–H and O–H groups in total. The van der Waals surface area contributed by atoms with Crippen molar-refractivity contribution in [3.63, 3.8) is 0 Å². The number of nitrogens with zero attached hydrogens (tertiary/aromatic N) is 1. The maximum atomic E-state index is 12.6. The largest absolute Gasteiger partial charge is 0.478 e. The summed E-state index contributed by atoms with van der Waals surface area (Å²) in [5, 5.41) is 9.38. The van der Waals surface area contributed by atoms with Gasteiger partial charge in [-0.05, 0) is 48.5 Å². The molecule has 3 aromatic rings. The number of carboxylic acid groups (broad SMARTS) is 1. The minimum absolute atomic E-state index is 0.0855. The first kappa shape index (κ1) is 15.0. The fourth-order valence-corrected chi connectivity index (χ4v) is 3.48. The van der Waals surface area contributed by atoms with Crippen LogP contribution in [0.15, 0.2) is 65.7 Å². The summed E-state index contributed by atoms with van der Waals surface area (Å²) in [6.07, 6.45) is 1.59. The quantitative estimate of drug-likeness (QED) is 0.767. The second-order valence-electron chi connectivity index (χ2n) is 4.81. The molecule has 0 bridgehead atoms. The van der Waals surface area contributed by atoms with E-state index in [0.29, 0.717) is 10.9 Å². The first-order valence-electron chi connectivity index (χ1n) is 6.67. The van der Waals surface area contributed by atoms with E-state index < -0.39 is 16.0 Å². The second-order valence-corrected chi connectivity index (χ2v) is 6.47. The third kappa shape index (κ3) is 3.00. The number of hydrogen-bond donors (Lipinski definition) is 2. The topological polar surface area (TPSA) is 96.4 Å². The zero-order valence-electron chi connectivity index (χ0n) is 11.8. The van der Waals surface area contributed by atoms with Gasteiger partial charge in [0.15, 0.2) is 0 Å². The van der Waals surface area contributed by atoms with Crippen LogP contribution in [0.2, 0.25) is 0 Å². The van der Waals surface area contributed by atoms with Crippen LogP contribution in [0, 0.1) is 0 Å². The number of carbonyl (C=O) groups is 1. The van der Waals surface area contributed by atoms with Crippen LogP contribution in [-0.2, 0) is 10.0 Å². The Morgan fingerprint density at radius 1 is 1.00 bits per heavy atom. The lowest BCUT2D eigenvalue weighted by Gasteiger charge is -2.10. The molecule has 0 aliphatic carbocycles. The first-order valence-corrected chi connectivity index (χ1v) is 8.16. The predicted molar refractivity (Wildman–Crippen MR) is 86.0 cm³/mol. The summed E-state index contributed by atoms with van der Waals surface area (Å²) in [5.41, 5.74) is 0.954. The Balaban J connectivity index is 1.99. The number of rotatable bonds is 4. The molecule has 0 spiro atoms. The lowest BCUT2D eigenvalue weighted by molar-refractivity contribution is 0.0697. The number of anilines is 1. The average molecular weight is 328 g/mol. The molecule has 2 aromatic carbocycles. The number of hydrogen-bond acceptors (Lipinski definition) is 4. The number of aromatic nitrogens is 1. The van der Waals surface area contributed by atoms with Crippen molar-refractivity contribution in [3.05, 3.63) is 66.4 Å². The Bertz CT molecular complexity index is 977. The molecular formula is C16H12N2O4S. The van der Waals surface area contributed by atoms with Gasteiger partial charge in [-0.3, -0.25) is 9.71 Å². The van der Waals surface area contributed by atoms with E-state index in [1.807, 2.05) is 0 Å². The molecule has 7 heteroatoms. The summed E-state index contributed by atoms with van der Waals surface area (Å²) in [4.78, 5) is 15.1. The Morgan fingerprint density at radius 3 is 2.43 bits per heavy atom. The molecule has 0 aliphatic rings. The van der Waals surface area contributed by atoms with Crippen LogP contribution in [0.4, 0.5) is 5.69 Å². The summed E-state index contributed by atoms with van der Waals surface area (Å²) in [6, 6.07) is 13.7. The molecule has 23 heavy (non-hydrogen) atoms. The molecule has 0 fully saturated rings. The Labute approximate surface area is 132 Å². The molecule has 0 saturated heterocycles. The van der Waals surface area contributed by atoms with Gasteiger partial charge < -0.3 is 5.11 Å². The van der Waals surface area contributed by atoms with Gasteiger partial charge in [-0.15, -0.1) is 0 Å². The van der Waals surface area contributed by atoms with Crippen molar-refractivity contribution in [1.29, 1.82) is 0 Å². The minimum atomic E-state index is -3.81. The number of pyridine rings is 1. The van der Waals surface area contributed by atoms with E-state index in [4.69, 9.17) is 5.11 Å². The molecule has 1 aromatic heterocycles. The normalized spacial score (nSPS) is 11.3. The molecule has 0 unspecified atom stereocenters. The van der Waals surface area contributed by atoms with Crippen LogP contribution < -0.4 is 4.72 Å². The summed E-state index contributed by atoms with van der Waals surface area (Å²) in [7, 11) is -3.81. The maximum absolute atomic E-state index is 12.6. The molecule has 6 nitrogen and oxygen atoms in total. The third-order valence-corrected chi connectivity index (χ3v) is 4.72. The van der Waals surface area contributed by atoms with Crippen molar-refractivity contribution in [2.24, 2.45) is 0 Å². The van der Waals surface area contributed by atoms with Crippen LogP contribution in [-0.4, -0.2) is 24.5 Å². The van der Waals surface area contributed by atoms with Crippen molar-refractivity contribution in [3.8, 4) is 0 Å². The monoisotopic (exact) mass is 328 g/mol. The van der Waals surface area contributed by atoms with Crippen LogP contribution in [0.3, 0.4) is 0 Å². The van der Waals surface area contributed by atoms with Crippen LogP contribution >= 0.6 is 0 Å². The predicted octanol–water partition coefficient (Wildman–Crippen LogP) is 2.73. The fraction of sp³-hybridized carbons (Fsp3) is 0. The summed E-state index contributed by atoms with van der Waals surface area (Å²) in [6.45, 7) is 0. The van der Waals surface area contributed by atoms with E-state index in [9.17, 15) is 13.2 Å². The van der Waals surface area contributed by atoms with Gasteiger partial charge in [-0.25, -0.2) is 13.2 Å². The molecule has 0 saturated carbocycles. The van der Waals surface area contributed by atoms with Crippen LogP contribution in [0.1, 0.15) is 10.4 Å². The molecule has 1 heterocycles. The van der Waals surface area contributed by atoms with Gasteiger partial charge in [0.1, 0.15) is 0 Å². The number of sulfonamides is 1. The van der Waals surface area contributed by atoms with Gasteiger partial charge in [-0.2, -0.15) is 0 Å². The van der Waals surface area contributed by atoms with Crippen molar-refractivity contribution in [1.82, 2.24) is 4.98 Å². The number of fused-ring (bicyclic) bond motifs is 1. The minimum Gasteiger partial charge on any atom is -0.478 e. The van der Waals surface area contributed by atoms with Crippen molar-refractivity contribution in [2.75, 3.05) is 4.72 Å². The van der Waals surface area contributed by atoms with E-state index in [0.717, 1.165) is 0 Å². The SMILES string of the molecule is O=C(O)c1ccc(NS(=O)(=O)c2cccc3ncccc23)cc1. The number of carboxylic acids is 1. The number of nitrogens with one attached hydrogen (secondary N) is 1. The molecule has 0 radical (unpaired) electrons. The van der Waals surface area contributed by atoms with E-state index in [2.05, 4.69) is 9.71 Å². The van der Waals surface area contributed by atoms with Gasteiger partial charge in [0.05, 0.1) is 16.0 Å². The fourth-order valence-electron chi connectivity index (χ4n) is 2.20. The highest BCUT2D eigenvalue weighted by atomic mass is 32.2. The zero-order valence-corrected chi connectivity index (χ0v) is 12.6. The maximum Gasteiger partial charge on any atom is 0.335 e. The molecule has 0 amide bonds. The molecule has 116 valence electrons. The van der Waals surface area contributed by atoms with Crippen molar-refractivity contribution >= 4 is 32.6 Å². The molecule has 3 rings (SSSR count). The van der Waals surface area contributed by atoms with Gasteiger partial charge in [0, 0.05) is 17.3 Å². The van der Waals surface area contributed by atoms with Crippen LogP contribution in [0.25, 0.3) is 10.9 Å². The van der Waals surface area contributed by atoms with E-state index in [1.165, 1.54) is 30.3 Å². The summed E-state index contributed by atoms with van der Waals surface area (Å²) >= 11 is 0. The highest BCUT2D eigenvalue weighted by Gasteiger charge is 2.17. The number of benzene rings is 2. The van der Waals surface area contributed by atoms with Gasteiger partial charge in [0.2, 0.25) is 0 Å². The molecule has 0 aliphatic heterocycles. The molecular weight excluding hydrogens is 316 g/mol. The third-order valence-electron chi connectivity index (χ3n) is 3.28. The Morgan fingerprint density at radius 2 is 1.74 bits per heavy atom. The standard InChI is InChI=1S/C16H12N2O4S/c19-16(20)11-6-8-12(9-7-11)18-23(21,22)15-5-1-4-14-13(15)3-2-10-17-14/h1-10,18H,(H,19,20). The zero-order chi connectivity index (χ0) is 16.4. The summed E-state index contributed by atoms with van der Waals surface area (Å²) in [5.74, 6) is -1.07. The Kier molecular flexibility index (Phi) is 3.71. The van der Waals surface area contributed by atoms with Gasteiger partial charge in [-0.1, -0.05) is 6.07 Å². The molecule has 0 atom stereocenters. The first-order chi connectivity index (χ1) is 11.0. The Hall–Kier alpha value is -2.93. The van der Waals surface area contributed by atoms with E-state index in [1.54, 1.807) is 30.5 Å². The van der Waals surface area contributed by atoms with E-state index >= 15 is 0 Å². The summed E-state index contributed by atoms with van der Waals surface area (Å²) < 4.78 is 27.6. The van der Waals surface area contributed by atoms with Crippen LogP contribution in [0.5, 0.6) is 0 Å².